The number of hydrogen-bond acceptors (Lipinski definition) is 4. The summed E-state index contributed by atoms with van der Waals surface area (Å²) in [5.74, 6) is -0.485. The van der Waals surface area contributed by atoms with Gasteiger partial charge in [0.05, 0.1) is 10.7 Å². The van der Waals surface area contributed by atoms with E-state index < -0.39 is 5.91 Å². The molecule has 24 heavy (non-hydrogen) atoms. The van der Waals surface area contributed by atoms with Gasteiger partial charge in [0.15, 0.2) is 0 Å². The lowest BCUT2D eigenvalue weighted by molar-refractivity contribution is -0.112. The number of carbonyl (C=O) groups is 1. The average Bonchev–Trinajstić information content (AvgIpc) is 2.53. The molecule has 3 N–H and O–H groups in total. The summed E-state index contributed by atoms with van der Waals surface area (Å²) in [6.07, 6.45) is 1.28. The van der Waals surface area contributed by atoms with Crippen LogP contribution in [-0.4, -0.2) is 11.0 Å². The van der Waals surface area contributed by atoms with Gasteiger partial charge in [-0.05, 0) is 48.9 Å². The summed E-state index contributed by atoms with van der Waals surface area (Å²) in [6.45, 7) is 1.79. The second kappa shape index (κ2) is 7.73. The Morgan fingerprint density at radius 3 is 2.62 bits per heavy atom. The van der Waals surface area contributed by atoms with Crippen molar-refractivity contribution in [3.8, 4) is 11.8 Å². The molecule has 0 fully saturated rings. The molecule has 0 aliphatic rings. The lowest BCUT2D eigenvalue weighted by Crippen LogP contribution is -2.15. The van der Waals surface area contributed by atoms with E-state index >= 15 is 0 Å². The molecule has 2 aromatic carbocycles. The first-order valence-corrected chi connectivity index (χ1v) is 7.59. The molecule has 2 rings (SSSR count). The van der Waals surface area contributed by atoms with Gasteiger partial charge in [0, 0.05) is 16.9 Å². The Balaban J connectivity index is 2.16. The highest BCUT2D eigenvalue weighted by atomic mass is 35.5. The Bertz CT molecular complexity index is 857. The fourth-order valence-corrected chi connectivity index (χ4v) is 2.23. The summed E-state index contributed by atoms with van der Waals surface area (Å²) in [5, 5.41) is 24.7. The molecular weight excluding hydrogens is 349 g/mol. The number of halogens is 2. The number of nitriles is 1. The lowest BCUT2D eigenvalue weighted by Gasteiger charge is -2.08. The van der Waals surface area contributed by atoms with Crippen LogP contribution in [0.3, 0.4) is 0 Å². The number of amides is 1. The van der Waals surface area contributed by atoms with Crippen LogP contribution in [0.5, 0.6) is 5.75 Å². The van der Waals surface area contributed by atoms with Crippen molar-refractivity contribution >= 4 is 40.5 Å². The number of rotatable bonds is 4. The van der Waals surface area contributed by atoms with Crippen molar-refractivity contribution in [2.45, 2.75) is 6.92 Å². The SMILES string of the molecule is Cc1cc(O)ccc1N/C=C(/C#N)C(=O)Nc1cc(Cl)ccc1Cl. The first-order valence-electron chi connectivity index (χ1n) is 6.83. The van der Waals surface area contributed by atoms with Crippen LogP contribution in [0.25, 0.3) is 0 Å². The molecular formula is C17H13Cl2N3O2. The first-order chi connectivity index (χ1) is 11.4. The maximum Gasteiger partial charge on any atom is 0.267 e. The summed E-state index contributed by atoms with van der Waals surface area (Å²) in [7, 11) is 0. The maximum absolute atomic E-state index is 12.2. The van der Waals surface area contributed by atoms with Crippen LogP contribution >= 0.6 is 23.2 Å². The van der Waals surface area contributed by atoms with Gasteiger partial charge in [-0.25, -0.2) is 0 Å². The van der Waals surface area contributed by atoms with E-state index in [4.69, 9.17) is 23.2 Å². The Morgan fingerprint density at radius 1 is 1.21 bits per heavy atom. The second-order valence-corrected chi connectivity index (χ2v) is 5.74. The molecule has 0 aliphatic carbocycles. The van der Waals surface area contributed by atoms with Gasteiger partial charge in [-0.15, -0.1) is 0 Å². The molecule has 0 aromatic heterocycles. The molecule has 2 aromatic rings. The van der Waals surface area contributed by atoms with Gasteiger partial charge in [0.1, 0.15) is 17.4 Å². The molecule has 1 amide bonds. The number of nitrogens with one attached hydrogen (secondary N) is 2. The topological polar surface area (TPSA) is 85.2 Å². The molecule has 0 saturated heterocycles. The fraction of sp³-hybridized carbons (Fsp3) is 0.0588. The zero-order valence-electron chi connectivity index (χ0n) is 12.6. The minimum Gasteiger partial charge on any atom is -0.508 e. The minimum absolute atomic E-state index is 0.135. The van der Waals surface area contributed by atoms with Gasteiger partial charge in [-0.1, -0.05) is 23.2 Å². The van der Waals surface area contributed by atoms with Gasteiger partial charge in [-0.2, -0.15) is 5.26 Å². The molecule has 0 radical (unpaired) electrons. The van der Waals surface area contributed by atoms with E-state index in [1.54, 1.807) is 31.2 Å². The van der Waals surface area contributed by atoms with E-state index in [9.17, 15) is 15.2 Å². The predicted molar refractivity (Wildman–Crippen MR) is 95.3 cm³/mol. The Hall–Kier alpha value is -2.68. The van der Waals surface area contributed by atoms with Gasteiger partial charge in [0.25, 0.3) is 5.91 Å². The van der Waals surface area contributed by atoms with Crippen molar-refractivity contribution in [2.24, 2.45) is 0 Å². The number of aryl methyl sites for hydroxylation is 1. The van der Waals surface area contributed by atoms with Crippen LogP contribution in [0.1, 0.15) is 5.56 Å². The zero-order chi connectivity index (χ0) is 17.7. The minimum atomic E-state index is -0.620. The van der Waals surface area contributed by atoms with Crippen LogP contribution < -0.4 is 10.6 Å². The van der Waals surface area contributed by atoms with Crippen LogP contribution in [0.4, 0.5) is 11.4 Å². The summed E-state index contributed by atoms with van der Waals surface area (Å²) in [4.78, 5) is 12.2. The summed E-state index contributed by atoms with van der Waals surface area (Å²) in [5.41, 5.74) is 1.60. The average molecular weight is 362 g/mol. The number of carbonyl (C=O) groups excluding carboxylic acids is 1. The number of nitrogens with zero attached hydrogens (tertiary/aromatic N) is 1. The Kier molecular flexibility index (Phi) is 5.69. The van der Waals surface area contributed by atoms with Crippen LogP contribution in [-0.2, 0) is 4.79 Å². The highest BCUT2D eigenvalue weighted by Gasteiger charge is 2.12. The molecule has 0 spiro atoms. The molecule has 5 nitrogen and oxygen atoms in total. The quantitative estimate of drug-likeness (QED) is 0.426. The highest BCUT2D eigenvalue weighted by Crippen LogP contribution is 2.26. The third-order valence-corrected chi connectivity index (χ3v) is 3.69. The second-order valence-electron chi connectivity index (χ2n) is 4.89. The van der Waals surface area contributed by atoms with Gasteiger partial charge < -0.3 is 15.7 Å². The highest BCUT2D eigenvalue weighted by molar-refractivity contribution is 6.35. The number of benzene rings is 2. The number of anilines is 2. The van der Waals surface area contributed by atoms with Gasteiger partial charge in [-0.3, -0.25) is 4.79 Å². The van der Waals surface area contributed by atoms with Crippen molar-refractivity contribution in [3.05, 3.63) is 63.8 Å². The van der Waals surface area contributed by atoms with E-state index in [-0.39, 0.29) is 11.3 Å². The van der Waals surface area contributed by atoms with Crippen molar-refractivity contribution in [1.82, 2.24) is 0 Å². The van der Waals surface area contributed by atoms with E-state index in [1.807, 2.05) is 6.07 Å². The van der Waals surface area contributed by atoms with Crippen molar-refractivity contribution in [3.63, 3.8) is 0 Å². The molecule has 0 heterocycles. The van der Waals surface area contributed by atoms with Crippen molar-refractivity contribution in [1.29, 1.82) is 5.26 Å². The molecule has 0 bridgehead atoms. The van der Waals surface area contributed by atoms with Crippen LogP contribution in [0.15, 0.2) is 48.2 Å². The molecule has 0 atom stereocenters. The summed E-state index contributed by atoms with van der Waals surface area (Å²) in [6, 6.07) is 11.2. The maximum atomic E-state index is 12.2. The van der Waals surface area contributed by atoms with E-state index in [0.717, 1.165) is 5.56 Å². The number of phenolic OH excluding ortho intramolecular Hbond substituents is 1. The summed E-state index contributed by atoms with van der Waals surface area (Å²) >= 11 is 11.8. The Morgan fingerprint density at radius 2 is 1.96 bits per heavy atom. The first kappa shape index (κ1) is 17.7. The number of hydrogen-bond donors (Lipinski definition) is 3. The number of aromatic hydroxyl groups is 1. The zero-order valence-corrected chi connectivity index (χ0v) is 14.1. The largest absolute Gasteiger partial charge is 0.508 e. The third-order valence-electron chi connectivity index (χ3n) is 3.12. The third kappa shape index (κ3) is 4.42. The van der Waals surface area contributed by atoms with Gasteiger partial charge >= 0.3 is 0 Å². The van der Waals surface area contributed by atoms with Crippen molar-refractivity contribution in [2.75, 3.05) is 10.6 Å². The number of phenols is 1. The van der Waals surface area contributed by atoms with Crippen LogP contribution in [0.2, 0.25) is 10.0 Å². The van der Waals surface area contributed by atoms with E-state index in [0.29, 0.717) is 21.4 Å². The predicted octanol–water partition coefficient (Wildman–Crippen LogP) is 4.47. The Labute approximate surface area is 149 Å². The lowest BCUT2D eigenvalue weighted by atomic mass is 10.2. The molecule has 0 saturated carbocycles. The molecule has 7 heteroatoms. The van der Waals surface area contributed by atoms with Gasteiger partial charge in [0.2, 0.25) is 0 Å². The smallest absolute Gasteiger partial charge is 0.267 e. The normalized spacial score (nSPS) is 10.8. The van der Waals surface area contributed by atoms with Crippen LogP contribution in [0, 0.1) is 18.3 Å². The molecule has 122 valence electrons. The van der Waals surface area contributed by atoms with E-state index in [2.05, 4.69) is 10.6 Å². The molecule has 0 aliphatic heterocycles. The standard InChI is InChI=1S/C17H13Cl2N3O2/c1-10-6-13(23)3-5-15(10)21-9-11(8-20)17(24)22-16-7-12(18)2-4-14(16)19/h2-7,9,21,23H,1H3,(H,22,24)/b11-9-. The monoisotopic (exact) mass is 361 g/mol. The van der Waals surface area contributed by atoms with E-state index in [1.165, 1.54) is 18.3 Å². The fourth-order valence-electron chi connectivity index (χ4n) is 1.89. The molecule has 0 unspecified atom stereocenters. The van der Waals surface area contributed by atoms with Crippen molar-refractivity contribution < 1.29 is 9.90 Å². The summed E-state index contributed by atoms with van der Waals surface area (Å²) < 4.78 is 0.